The topological polar surface area (TPSA) is 104 Å². The molecule has 4 aromatic rings. The maximum atomic E-state index is 12.6. The normalized spacial score (nSPS) is 11.4. The number of hydrogen-bond donors (Lipinski definition) is 3. The number of benzene rings is 2. The number of nitrogens with one attached hydrogen (secondary N) is 2. The summed E-state index contributed by atoms with van der Waals surface area (Å²) in [6.45, 7) is 0. The molecule has 0 aliphatic rings. The molecule has 0 saturated heterocycles. The van der Waals surface area contributed by atoms with Gasteiger partial charge >= 0.3 is 0 Å². The molecule has 0 unspecified atom stereocenters. The molecule has 136 valence electrons. The van der Waals surface area contributed by atoms with E-state index in [2.05, 4.69) is 20.0 Å². The second-order valence-electron chi connectivity index (χ2n) is 5.62. The van der Waals surface area contributed by atoms with E-state index in [1.165, 1.54) is 18.2 Å². The number of aromatic nitrogens is 2. The average molecular weight is 398 g/mol. The Morgan fingerprint density at radius 2 is 1.63 bits per heavy atom. The van der Waals surface area contributed by atoms with Crippen molar-refractivity contribution in [1.29, 1.82) is 0 Å². The lowest BCUT2D eigenvalue weighted by Crippen LogP contribution is -2.15. The Morgan fingerprint density at radius 3 is 2.30 bits per heavy atom. The second-order valence-corrected chi connectivity index (χ2v) is 8.48. The van der Waals surface area contributed by atoms with Crippen LogP contribution in [0.15, 0.2) is 70.3 Å². The minimum Gasteiger partial charge on any atom is -0.508 e. The largest absolute Gasteiger partial charge is 0.508 e. The number of sulfonamides is 1. The van der Waals surface area contributed by atoms with Gasteiger partial charge in [0.15, 0.2) is 11.6 Å². The predicted molar refractivity (Wildman–Crippen MR) is 106 cm³/mol. The first-order valence-corrected chi connectivity index (χ1v) is 10.3. The molecule has 0 saturated carbocycles. The molecule has 2 heterocycles. The van der Waals surface area contributed by atoms with Crippen molar-refractivity contribution in [2.75, 3.05) is 10.0 Å². The van der Waals surface area contributed by atoms with Crippen LogP contribution in [0.3, 0.4) is 0 Å². The summed E-state index contributed by atoms with van der Waals surface area (Å²) in [5, 5.41) is 14.4. The first kappa shape index (κ1) is 17.3. The van der Waals surface area contributed by atoms with Crippen LogP contribution in [0.4, 0.5) is 17.3 Å². The molecule has 0 amide bonds. The van der Waals surface area contributed by atoms with Crippen LogP contribution in [0.2, 0.25) is 0 Å². The van der Waals surface area contributed by atoms with E-state index in [1.807, 2.05) is 6.07 Å². The number of phenols is 1. The summed E-state index contributed by atoms with van der Waals surface area (Å²) in [6, 6.07) is 16.8. The molecule has 4 rings (SSSR count). The summed E-state index contributed by atoms with van der Waals surface area (Å²) < 4.78 is 27.9. The van der Waals surface area contributed by atoms with Gasteiger partial charge in [-0.05, 0) is 35.7 Å². The van der Waals surface area contributed by atoms with Crippen molar-refractivity contribution in [2.45, 2.75) is 4.21 Å². The molecule has 0 atom stereocenters. The zero-order valence-corrected chi connectivity index (χ0v) is 15.5. The van der Waals surface area contributed by atoms with Crippen LogP contribution in [-0.4, -0.2) is 23.5 Å². The monoisotopic (exact) mass is 398 g/mol. The maximum Gasteiger partial charge on any atom is 0.272 e. The fourth-order valence-corrected chi connectivity index (χ4v) is 4.47. The highest BCUT2D eigenvalue weighted by Crippen LogP contribution is 2.28. The highest BCUT2D eigenvalue weighted by atomic mass is 32.2. The van der Waals surface area contributed by atoms with Gasteiger partial charge in [0.1, 0.15) is 9.96 Å². The molecule has 7 nitrogen and oxygen atoms in total. The molecule has 0 aliphatic carbocycles. The van der Waals surface area contributed by atoms with Crippen LogP contribution in [0, 0.1) is 0 Å². The number of phenolic OH excluding ortho intramolecular Hbond substituents is 1. The van der Waals surface area contributed by atoms with Crippen molar-refractivity contribution in [2.24, 2.45) is 0 Å². The van der Waals surface area contributed by atoms with E-state index in [1.54, 1.807) is 41.8 Å². The summed E-state index contributed by atoms with van der Waals surface area (Å²) in [6.07, 6.45) is 0. The molecule has 2 aromatic carbocycles. The highest BCUT2D eigenvalue weighted by Gasteiger charge is 2.19. The number of para-hydroxylation sites is 2. The lowest BCUT2D eigenvalue weighted by molar-refractivity contribution is 0.475. The standard InChI is InChI=1S/C18H14N4O3S2/c23-13-6-3-5-12(11-13)19-17-18(21-15-8-2-1-7-14(15)20-17)22-27(24,25)16-9-4-10-26-16/h1-11,23H,(H,19,20)(H,21,22). The molecule has 27 heavy (non-hydrogen) atoms. The van der Waals surface area contributed by atoms with Gasteiger partial charge in [0, 0.05) is 11.8 Å². The number of fused-ring (bicyclic) bond motifs is 1. The average Bonchev–Trinajstić information content (AvgIpc) is 3.18. The Morgan fingerprint density at radius 1 is 0.889 bits per heavy atom. The van der Waals surface area contributed by atoms with Gasteiger partial charge in [-0.2, -0.15) is 0 Å². The van der Waals surface area contributed by atoms with Crippen molar-refractivity contribution in [1.82, 2.24) is 9.97 Å². The SMILES string of the molecule is O=S(=O)(Nc1nc2ccccc2nc1Nc1cccc(O)c1)c1cccs1. The number of thiophene rings is 1. The predicted octanol–water partition coefficient (Wildman–Crippen LogP) is 3.94. The van der Waals surface area contributed by atoms with E-state index in [9.17, 15) is 13.5 Å². The van der Waals surface area contributed by atoms with Crippen LogP contribution in [0.25, 0.3) is 11.0 Å². The molecule has 2 aromatic heterocycles. The van der Waals surface area contributed by atoms with Crippen molar-refractivity contribution >= 4 is 49.7 Å². The van der Waals surface area contributed by atoms with Gasteiger partial charge in [0.2, 0.25) is 0 Å². The van der Waals surface area contributed by atoms with Crippen LogP contribution in [0.5, 0.6) is 5.75 Å². The Bertz CT molecular complexity index is 1210. The van der Waals surface area contributed by atoms with E-state index in [0.717, 1.165) is 11.3 Å². The fourth-order valence-electron chi connectivity index (χ4n) is 2.47. The molecule has 9 heteroatoms. The van der Waals surface area contributed by atoms with E-state index < -0.39 is 10.0 Å². The highest BCUT2D eigenvalue weighted by molar-refractivity contribution is 7.94. The number of rotatable bonds is 5. The van der Waals surface area contributed by atoms with E-state index in [4.69, 9.17) is 0 Å². The third kappa shape index (κ3) is 3.69. The Labute approximate surface area is 159 Å². The van der Waals surface area contributed by atoms with Gasteiger partial charge in [0.05, 0.1) is 11.0 Å². The van der Waals surface area contributed by atoms with Crippen molar-refractivity contribution in [3.05, 3.63) is 66.0 Å². The number of anilines is 3. The van der Waals surface area contributed by atoms with Gasteiger partial charge in [0.25, 0.3) is 10.0 Å². The first-order valence-electron chi connectivity index (χ1n) is 7.90. The lowest BCUT2D eigenvalue weighted by atomic mass is 10.3. The van der Waals surface area contributed by atoms with E-state index >= 15 is 0 Å². The number of aromatic hydroxyl groups is 1. The molecule has 0 spiro atoms. The van der Waals surface area contributed by atoms with Gasteiger partial charge in [-0.1, -0.05) is 24.3 Å². The molecule has 0 aliphatic heterocycles. The van der Waals surface area contributed by atoms with Crippen molar-refractivity contribution in [3.8, 4) is 5.75 Å². The summed E-state index contributed by atoms with van der Waals surface area (Å²) in [5.74, 6) is 0.388. The maximum absolute atomic E-state index is 12.6. The summed E-state index contributed by atoms with van der Waals surface area (Å²) in [4.78, 5) is 8.90. The van der Waals surface area contributed by atoms with Crippen LogP contribution < -0.4 is 10.0 Å². The first-order chi connectivity index (χ1) is 13.0. The van der Waals surface area contributed by atoms with Crippen LogP contribution >= 0.6 is 11.3 Å². The van der Waals surface area contributed by atoms with Gasteiger partial charge < -0.3 is 10.4 Å². The van der Waals surface area contributed by atoms with Crippen molar-refractivity contribution in [3.63, 3.8) is 0 Å². The molecule has 3 N–H and O–H groups in total. The molecule has 0 fully saturated rings. The summed E-state index contributed by atoms with van der Waals surface area (Å²) in [7, 11) is -3.78. The summed E-state index contributed by atoms with van der Waals surface area (Å²) in [5.41, 5.74) is 1.72. The molecule has 0 radical (unpaired) electrons. The fraction of sp³-hybridized carbons (Fsp3) is 0. The zero-order chi connectivity index (χ0) is 18.9. The summed E-state index contributed by atoms with van der Waals surface area (Å²) >= 11 is 1.11. The van der Waals surface area contributed by atoms with Crippen LogP contribution in [0.1, 0.15) is 0 Å². The van der Waals surface area contributed by atoms with Crippen molar-refractivity contribution < 1.29 is 13.5 Å². The number of hydrogen-bond acceptors (Lipinski definition) is 7. The Hall–Kier alpha value is -3.17. The van der Waals surface area contributed by atoms with Gasteiger partial charge in [-0.25, -0.2) is 18.4 Å². The lowest BCUT2D eigenvalue weighted by Gasteiger charge is -2.13. The van der Waals surface area contributed by atoms with Crippen LogP contribution in [-0.2, 0) is 10.0 Å². The molecular weight excluding hydrogens is 384 g/mol. The molecule has 0 bridgehead atoms. The molecular formula is C18H14N4O3S2. The smallest absolute Gasteiger partial charge is 0.272 e. The third-order valence-electron chi connectivity index (χ3n) is 3.67. The minimum absolute atomic E-state index is 0.0745. The minimum atomic E-state index is -3.78. The van der Waals surface area contributed by atoms with E-state index in [-0.39, 0.29) is 21.6 Å². The Kier molecular flexibility index (Phi) is 4.38. The van der Waals surface area contributed by atoms with Gasteiger partial charge in [-0.3, -0.25) is 4.72 Å². The number of nitrogens with zero attached hydrogens (tertiary/aromatic N) is 2. The third-order valence-corrected chi connectivity index (χ3v) is 6.41. The van der Waals surface area contributed by atoms with E-state index in [0.29, 0.717) is 16.7 Å². The zero-order valence-electron chi connectivity index (χ0n) is 13.8. The Balaban J connectivity index is 1.80. The second kappa shape index (κ2) is 6.86. The quantitative estimate of drug-likeness (QED) is 0.470. The van der Waals surface area contributed by atoms with Gasteiger partial charge in [-0.15, -0.1) is 11.3 Å².